The van der Waals surface area contributed by atoms with E-state index in [9.17, 15) is 9.59 Å². The smallest absolute Gasteiger partial charge is 0.339 e. The topological polar surface area (TPSA) is 75.4 Å². The second-order valence-corrected chi connectivity index (χ2v) is 5.47. The number of amides is 1. The number of aromatic nitrogens is 2. The zero-order valence-electron chi connectivity index (χ0n) is 10.3. The summed E-state index contributed by atoms with van der Waals surface area (Å²) < 4.78 is 1.90. The summed E-state index contributed by atoms with van der Waals surface area (Å²) in [7, 11) is 1.62. The summed E-state index contributed by atoms with van der Waals surface area (Å²) in [5.41, 5.74) is 0.438. The van der Waals surface area contributed by atoms with Crippen molar-refractivity contribution in [2.75, 3.05) is 6.54 Å². The monoisotopic (exact) mass is 297 g/mol. The number of thioether (sulfide) groups is 1. The number of carbonyl (C=O) groups excluding carboxylic acids is 1. The summed E-state index contributed by atoms with van der Waals surface area (Å²) in [5, 5.41) is 12.9. The van der Waals surface area contributed by atoms with Gasteiger partial charge in [0.2, 0.25) is 0 Å². The largest absolute Gasteiger partial charge is 0.478 e. The second-order valence-electron chi connectivity index (χ2n) is 3.80. The molecule has 1 aromatic rings. The van der Waals surface area contributed by atoms with E-state index in [1.54, 1.807) is 7.05 Å². The van der Waals surface area contributed by atoms with Crippen LogP contribution in [-0.2, 0) is 11.8 Å². The summed E-state index contributed by atoms with van der Waals surface area (Å²) in [6.45, 7) is 2.33. The standard InChI is InChI=1S/C11H11N3O3S2/c1-3-14-9(15)8(19-11(14)18)4-7-6(10(16)17)5-12-13(7)2/h4-5H,3H2,1-2H3,(H,16,17). The highest BCUT2D eigenvalue weighted by molar-refractivity contribution is 8.26. The highest BCUT2D eigenvalue weighted by atomic mass is 32.2. The Morgan fingerprint density at radius 1 is 1.63 bits per heavy atom. The number of hydrogen-bond acceptors (Lipinski definition) is 5. The number of likely N-dealkylation sites (N-methyl/N-ethyl adjacent to an activating group) is 1. The van der Waals surface area contributed by atoms with Crippen LogP contribution < -0.4 is 0 Å². The molecule has 0 radical (unpaired) electrons. The van der Waals surface area contributed by atoms with E-state index in [1.165, 1.54) is 33.6 Å². The average molecular weight is 297 g/mol. The van der Waals surface area contributed by atoms with Gasteiger partial charge in [-0.25, -0.2) is 4.79 Å². The van der Waals surface area contributed by atoms with Crippen molar-refractivity contribution in [1.29, 1.82) is 0 Å². The molecule has 0 bridgehead atoms. The number of thiocarbonyl (C=S) groups is 1. The van der Waals surface area contributed by atoms with Crippen LogP contribution in [0.1, 0.15) is 23.0 Å². The lowest BCUT2D eigenvalue weighted by atomic mass is 10.2. The van der Waals surface area contributed by atoms with E-state index in [0.29, 0.717) is 21.5 Å². The average Bonchev–Trinajstić information content (AvgIpc) is 2.82. The van der Waals surface area contributed by atoms with Crippen LogP contribution in [-0.4, -0.2) is 42.5 Å². The van der Waals surface area contributed by atoms with Crippen LogP contribution in [0.2, 0.25) is 0 Å². The molecule has 1 aliphatic heterocycles. The van der Waals surface area contributed by atoms with Gasteiger partial charge in [-0.3, -0.25) is 14.4 Å². The number of aryl methyl sites for hydroxylation is 1. The maximum absolute atomic E-state index is 12.0. The van der Waals surface area contributed by atoms with Gasteiger partial charge in [-0.1, -0.05) is 24.0 Å². The highest BCUT2D eigenvalue weighted by Crippen LogP contribution is 2.32. The van der Waals surface area contributed by atoms with Gasteiger partial charge in [0.15, 0.2) is 0 Å². The molecule has 1 N–H and O–H groups in total. The zero-order valence-corrected chi connectivity index (χ0v) is 11.9. The third-order valence-electron chi connectivity index (χ3n) is 2.67. The predicted molar refractivity (Wildman–Crippen MR) is 75.7 cm³/mol. The Hall–Kier alpha value is -1.67. The number of carbonyl (C=O) groups is 2. The maximum atomic E-state index is 12.0. The first-order valence-corrected chi connectivity index (χ1v) is 6.68. The molecule has 8 heteroatoms. The fourth-order valence-corrected chi connectivity index (χ4v) is 3.04. The lowest BCUT2D eigenvalue weighted by molar-refractivity contribution is -0.121. The van der Waals surface area contributed by atoms with Gasteiger partial charge in [0.05, 0.1) is 16.8 Å². The van der Waals surface area contributed by atoms with Gasteiger partial charge in [0.25, 0.3) is 5.91 Å². The van der Waals surface area contributed by atoms with E-state index in [4.69, 9.17) is 17.3 Å². The van der Waals surface area contributed by atoms with Crippen molar-refractivity contribution in [3.63, 3.8) is 0 Å². The first-order chi connectivity index (χ1) is 8.95. The number of carboxylic acid groups (broad SMARTS) is 1. The number of hydrogen-bond donors (Lipinski definition) is 1. The summed E-state index contributed by atoms with van der Waals surface area (Å²) in [6, 6.07) is 0. The predicted octanol–water partition coefficient (Wildman–Crippen LogP) is 1.34. The lowest BCUT2D eigenvalue weighted by Gasteiger charge is -2.09. The van der Waals surface area contributed by atoms with E-state index >= 15 is 0 Å². The molecule has 0 atom stereocenters. The Kier molecular flexibility index (Phi) is 3.72. The molecular weight excluding hydrogens is 286 g/mol. The van der Waals surface area contributed by atoms with Gasteiger partial charge in [0, 0.05) is 13.6 Å². The van der Waals surface area contributed by atoms with Crippen LogP contribution >= 0.6 is 24.0 Å². The van der Waals surface area contributed by atoms with Gasteiger partial charge in [-0.05, 0) is 13.0 Å². The van der Waals surface area contributed by atoms with Crippen molar-refractivity contribution >= 4 is 46.3 Å². The van der Waals surface area contributed by atoms with Crippen molar-refractivity contribution in [1.82, 2.24) is 14.7 Å². The van der Waals surface area contributed by atoms with Crippen molar-refractivity contribution in [2.24, 2.45) is 7.05 Å². The van der Waals surface area contributed by atoms with Crippen molar-refractivity contribution in [3.05, 3.63) is 22.4 Å². The number of nitrogens with zero attached hydrogens (tertiary/aromatic N) is 3. The first kappa shape index (κ1) is 13.8. The van der Waals surface area contributed by atoms with Crippen LogP contribution in [0.15, 0.2) is 11.1 Å². The number of aromatic carboxylic acids is 1. The van der Waals surface area contributed by atoms with Gasteiger partial charge in [-0.15, -0.1) is 0 Å². The lowest BCUT2D eigenvalue weighted by Crippen LogP contribution is -2.27. The van der Waals surface area contributed by atoms with Gasteiger partial charge >= 0.3 is 5.97 Å². The van der Waals surface area contributed by atoms with Gasteiger partial charge in [-0.2, -0.15) is 5.10 Å². The molecule has 0 aliphatic carbocycles. The molecule has 19 heavy (non-hydrogen) atoms. The maximum Gasteiger partial charge on any atom is 0.339 e. The molecule has 2 rings (SSSR count). The second kappa shape index (κ2) is 5.14. The molecule has 1 saturated heterocycles. The third-order valence-corrected chi connectivity index (χ3v) is 4.05. The molecule has 1 aliphatic rings. The summed E-state index contributed by atoms with van der Waals surface area (Å²) in [5.74, 6) is -1.28. The number of rotatable bonds is 3. The molecule has 0 aromatic carbocycles. The van der Waals surface area contributed by atoms with E-state index in [0.717, 1.165) is 0 Å². The van der Waals surface area contributed by atoms with Crippen LogP contribution in [0, 0.1) is 0 Å². The minimum absolute atomic E-state index is 0.0595. The highest BCUT2D eigenvalue weighted by Gasteiger charge is 2.31. The quantitative estimate of drug-likeness (QED) is 0.670. The Labute approximate surface area is 119 Å². The van der Waals surface area contributed by atoms with Crippen LogP contribution in [0.5, 0.6) is 0 Å². The molecule has 0 spiro atoms. The van der Waals surface area contributed by atoms with Crippen molar-refractivity contribution in [2.45, 2.75) is 6.92 Å². The summed E-state index contributed by atoms with van der Waals surface area (Å²) in [6.07, 6.45) is 2.78. The van der Waals surface area contributed by atoms with E-state index in [2.05, 4.69) is 5.10 Å². The first-order valence-electron chi connectivity index (χ1n) is 5.46. The third kappa shape index (κ3) is 2.41. The molecule has 1 amide bonds. The molecule has 0 saturated carbocycles. The minimum atomic E-state index is -1.08. The van der Waals surface area contributed by atoms with E-state index in [1.807, 2.05) is 6.92 Å². The van der Waals surface area contributed by atoms with Crippen LogP contribution in [0.25, 0.3) is 6.08 Å². The molecular formula is C11H11N3O3S2. The van der Waals surface area contributed by atoms with Gasteiger partial charge < -0.3 is 5.11 Å². The molecule has 100 valence electrons. The molecule has 1 fully saturated rings. The molecule has 6 nitrogen and oxygen atoms in total. The summed E-state index contributed by atoms with van der Waals surface area (Å²) in [4.78, 5) is 25.0. The summed E-state index contributed by atoms with van der Waals surface area (Å²) >= 11 is 6.26. The van der Waals surface area contributed by atoms with E-state index < -0.39 is 5.97 Å². The fourth-order valence-electron chi connectivity index (χ4n) is 1.68. The zero-order chi connectivity index (χ0) is 14.2. The SMILES string of the molecule is CCN1C(=O)C(=Cc2c(C(=O)O)cnn2C)SC1=S. The number of carboxylic acids is 1. The normalized spacial score (nSPS) is 17.6. The fraction of sp³-hybridized carbons (Fsp3) is 0.273. The molecule has 2 heterocycles. The Balaban J connectivity index is 2.43. The minimum Gasteiger partial charge on any atom is -0.478 e. The Bertz CT molecular complexity index is 606. The van der Waals surface area contributed by atoms with Crippen molar-refractivity contribution in [3.8, 4) is 0 Å². The van der Waals surface area contributed by atoms with Crippen LogP contribution in [0.3, 0.4) is 0 Å². The van der Waals surface area contributed by atoms with Crippen LogP contribution in [0.4, 0.5) is 0 Å². The van der Waals surface area contributed by atoms with E-state index in [-0.39, 0.29) is 11.5 Å². The molecule has 1 aromatic heterocycles. The van der Waals surface area contributed by atoms with Gasteiger partial charge in [0.1, 0.15) is 9.88 Å². The molecule has 0 unspecified atom stereocenters. The Morgan fingerprint density at radius 2 is 2.32 bits per heavy atom. The Morgan fingerprint density at radius 3 is 2.84 bits per heavy atom. The van der Waals surface area contributed by atoms with Crippen molar-refractivity contribution < 1.29 is 14.7 Å².